The lowest BCUT2D eigenvalue weighted by Crippen LogP contribution is -2.13. The number of alkyl halides is 2. The molecule has 0 aliphatic heterocycles. The first-order valence-corrected chi connectivity index (χ1v) is 3.38. The van der Waals surface area contributed by atoms with E-state index in [0.717, 1.165) is 6.42 Å². The number of hydrogen-bond acceptors (Lipinski definition) is 1. The van der Waals surface area contributed by atoms with Crippen molar-refractivity contribution in [1.82, 2.24) is 0 Å². The van der Waals surface area contributed by atoms with Gasteiger partial charge in [0.05, 0.1) is 0 Å². The summed E-state index contributed by atoms with van der Waals surface area (Å²) in [5.74, 6) is -0.851. The van der Waals surface area contributed by atoms with E-state index >= 15 is 0 Å². The van der Waals surface area contributed by atoms with Gasteiger partial charge in [-0.2, -0.15) is 0 Å². The Morgan fingerprint density at radius 3 is 2.30 bits per heavy atom. The summed E-state index contributed by atoms with van der Waals surface area (Å²) in [4.78, 5) is 10.4. The SMILES string of the molecule is CCC(C)CC(=O)C(F)F. The van der Waals surface area contributed by atoms with Crippen LogP contribution < -0.4 is 0 Å². The van der Waals surface area contributed by atoms with Crippen LogP contribution in [0.2, 0.25) is 0 Å². The molecule has 0 radical (unpaired) electrons. The van der Waals surface area contributed by atoms with E-state index in [1.807, 2.05) is 6.92 Å². The van der Waals surface area contributed by atoms with Gasteiger partial charge in [-0.25, -0.2) is 8.78 Å². The first-order chi connectivity index (χ1) is 4.57. The highest BCUT2D eigenvalue weighted by Crippen LogP contribution is 2.10. The molecule has 3 heteroatoms. The Balaban J connectivity index is 3.57. The maximum absolute atomic E-state index is 11.6. The molecule has 0 amide bonds. The standard InChI is InChI=1S/C7H12F2O/c1-3-5(2)4-6(10)7(8)9/h5,7H,3-4H2,1-2H3. The molecule has 1 nitrogen and oxygen atoms in total. The van der Waals surface area contributed by atoms with E-state index in [1.165, 1.54) is 0 Å². The van der Waals surface area contributed by atoms with Crippen LogP contribution >= 0.6 is 0 Å². The van der Waals surface area contributed by atoms with Crippen molar-refractivity contribution >= 4 is 5.78 Å². The minimum absolute atomic E-state index is 0.00810. The van der Waals surface area contributed by atoms with E-state index < -0.39 is 12.2 Å². The van der Waals surface area contributed by atoms with Gasteiger partial charge in [0.1, 0.15) is 0 Å². The molecule has 10 heavy (non-hydrogen) atoms. The lowest BCUT2D eigenvalue weighted by Gasteiger charge is -2.04. The Morgan fingerprint density at radius 1 is 1.50 bits per heavy atom. The van der Waals surface area contributed by atoms with E-state index in [2.05, 4.69) is 0 Å². The molecule has 0 aliphatic carbocycles. The lowest BCUT2D eigenvalue weighted by molar-refractivity contribution is -0.130. The molecule has 0 aromatic carbocycles. The maximum Gasteiger partial charge on any atom is 0.295 e. The zero-order valence-electron chi connectivity index (χ0n) is 6.23. The number of rotatable bonds is 4. The fourth-order valence-corrected chi connectivity index (χ4v) is 0.577. The van der Waals surface area contributed by atoms with Crippen LogP contribution in [0.25, 0.3) is 0 Å². The Hall–Kier alpha value is -0.470. The van der Waals surface area contributed by atoms with E-state index in [4.69, 9.17) is 0 Å². The molecule has 0 heterocycles. The largest absolute Gasteiger partial charge is 0.295 e. The molecule has 0 spiro atoms. The number of Topliss-reactive ketones (excluding diaryl/α,β-unsaturated/α-hetero) is 1. The Bertz CT molecular complexity index is 112. The number of ketones is 1. The van der Waals surface area contributed by atoms with Crippen molar-refractivity contribution in [3.8, 4) is 0 Å². The third-order valence-corrected chi connectivity index (χ3v) is 1.49. The number of carbonyl (C=O) groups is 1. The van der Waals surface area contributed by atoms with E-state index in [-0.39, 0.29) is 12.3 Å². The maximum atomic E-state index is 11.6. The van der Waals surface area contributed by atoms with Crippen molar-refractivity contribution in [3.63, 3.8) is 0 Å². The second-order valence-corrected chi connectivity index (χ2v) is 2.48. The first-order valence-electron chi connectivity index (χ1n) is 3.38. The third-order valence-electron chi connectivity index (χ3n) is 1.49. The third kappa shape index (κ3) is 3.54. The van der Waals surface area contributed by atoms with Crippen LogP contribution in [0.5, 0.6) is 0 Å². The first kappa shape index (κ1) is 9.53. The fraction of sp³-hybridized carbons (Fsp3) is 0.857. The van der Waals surface area contributed by atoms with Crippen LogP contribution in [-0.4, -0.2) is 12.2 Å². The van der Waals surface area contributed by atoms with Crippen LogP contribution in [0.4, 0.5) is 8.78 Å². The van der Waals surface area contributed by atoms with Crippen molar-refractivity contribution < 1.29 is 13.6 Å². The molecule has 0 saturated heterocycles. The number of hydrogen-bond donors (Lipinski definition) is 0. The van der Waals surface area contributed by atoms with E-state index in [9.17, 15) is 13.6 Å². The quantitative estimate of drug-likeness (QED) is 0.600. The second kappa shape index (κ2) is 4.36. The Labute approximate surface area is 59.4 Å². The molecule has 60 valence electrons. The van der Waals surface area contributed by atoms with Gasteiger partial charge in [0.25, 0.3) is 6.43 Å². The summed E-state index contributed by atoms with van der Waals surface area (Å²) >= 11 is 0. The second-order valence-electron chi connectivity index (χ2n) is 2.48. The molecule has 0 fully saturated rings. The summed E-state index contributed by atoms with van der Waals surface area (Å²) in [6, 6.07) is 0. The molecular weight excluding hydrogens is 138 g/mol. The highest BCUT2D eigenvalue weighted by molar-refractivity contribution is 5.81. The van der Waals surface area contributed by atoms with Crippen LogP contribution in [0.3, 0.4) is 0 Å². The molecule has 0 aromatic heterocycles. The molecule has 1 atom stereocenters. The molecule has 0 saturated carbocycles. The smallest absolute Gasteiger partial charge is 0.293 e. The lowest BCUT2D eigenvalue weighted by atomic mass is 10.0. The number of halogens is 2. The van der Waals surface area contributed by atoms with Gasteiger partial charge in [-0.05, 0) is 5.92 Å². The van der Waals surface area contributed by atoms with Gasteiger partial charge >= 0.3 is 0 Å². The van der Waals surface area contributed by atoms with E-state index in [1.54, 1.807) is 6.92 Å². The van der Waals surface area contributed by atoms with Crippen molar-refractivity contribution in [2.75, 3.05) is 0 Å². The van der Waals surface area contributed by atoms with E-state index in [0.29, 0.717) is 0 Å². The van der Waals surface area contributed by atoms with Crippen molar-refractivity contribution in [2.24, 2.45) is 5.92 Å². The van der Waals surface area contributed by atoms with Crippen LogP contribution in [0.1, 0.15) is 26.7 Å². The molecule has 0 aliphatic rings. The van der Waals surface area contributed by atoms with Gasteiger partial charge < -0.3 is 0 Å². The van der Waals surface area contributed by atoms with Gasteiger partial charge in [-0.15, -0.1) is 0 Å². The van der Waals surface area contributed by atoms with Gasteiger partial charge in [0, 0.05) is 6.42 Å². The summed E-state index contributed by atoms with van der Waals surface area (Å²) in [6.45, 7) is 3.67. The zero-order chi connectivity index (χ0) is 8.15. The molecule has 0 bridgehead atoms. The summed E-state index contributed by atoms with van der Waals surface area (Å²) in [5, 5.41) is 0. The number of carbonyl (C=O) groups excluding carboxylic acids is 1. The predicted octanol–water partition coefficient (Wildman–Crippen LogP) is 2.26. The van der Waals surface area contributed by atoms with Gasteiger partial charge in [0.2, 0.25) is 0 Å². The van der Waals surface area contributed by atoms with Gasteiger partial charge in [-0.3, -0.25) is 4.79 Å². The van der Waals surface area contributed by atoms with Crippen LogP contribution in [0.15, 0.2) is 0 Å². The minimum atomic E-state index is -2.78. The monoisotopic (exact) mass is 150 g/mol. The zero-order valence-corrected chi connectivity index (χ0v) is 6.23. The summed E-state index contributed by atoms with van der Waals surface area (Å²) in [6.07, 6.45) is -2.00. The minimum Gasteiger partial charge on any atom is -0.293 e. The van der Waals surface area contributed by atoms with Crippen molar-refractivity contribution in [2.45, 2.75) is 33.1 Å². The molecule has 1 unspecified atom stereocenters. The molecular formula is C7H12F2O. The van der Waals surface area contributed by atoms with Crippen molar-refractivity contribution in [1.29, 1.82) is 0 Å². The predicted molar refractivity (Wildman–Crippen MR) is 35.1 cm³/mol. The summed E-state index contributed by atoms with van der Waals surface area (Å²) in [7, 11) is 0. The molecule has 0 N–H and O–H groups in total. The highest BCUT2D eigenvalue weighted by atomic mass is 19.3. The molecule has 0 rings (SSSR count). The van der Waals surface area contributed by atoms with Crippen molar-refractivity contribution in [3.05, 3.63) is 0 Å². The average Bonchev–Trinajstić information content (AvgIpc) is 1.87. The van der Waals surface area contributed by atoms with Crippen LogP contribution in [-0.2, 0) is 4.79 Å². The van der Waals surface area contributed by atoms with Crippen LogP contribution in [0, 0.1) is 5.92 Å². The highest BCUT2D eigenvalue weighted by Gasteiger charge is 2.16. The van der Waals surface area contributed by atoms with Gasteiger partial charge in [0.15, 0.2) is 5.78 Å². The summed E-state index contributed by atoms with van der Waals surface area (Å²) in [5.41, 5.74) is 0. The summed E-state index contributed by atoms with van der Waals surface area (Å²) < 4.78 is 23.2. The molecule has 0 aromatic rings. The van der Waals surface area contributed by atoms with Gasteiger partial charge in [-0.1, -0.05) is 20.3 Å². The topological polar surface area (TPSA) is 17.1 Å². The fourth-order valence-electron chi connectivity index (χ4n) is 0.577. The Morgan fingerprint density at radius 2 is 2.00 bits per heavy atom. The average molecular weight is 150 g/mol. The normalized spacial score (nSPS) is 13.7. The Kier molecular flexibility index (Phi) is 4.16.